The Bertz CT molecular complexity index is 660. The van der Waals surface area contributed by atoms with E-state index < -0.39 is 5.97 Å². The van der Waals surface area contributed by atoms with Crippen LogP contribution in [0, 0.1) is 0 Å². The molecule has 4 nitrogen and oxygen atoms in total. The molecule has 2 aromatic carbocycles. The molecule has 108 valence electrons. The average Bonchev–Trinajstić information content (AvgIpc) is 2.49. The fourth-order valence-corrected chi connectivity index (χ4v) is 1.84. The second kappa shape index (κ2) is 6.61. The molecule has 0 saturated carbocycles. The smallest absolute Gasteiger partial charge is 0.343 e. The molecule has 0 heterocycles. The standard InChI is InChI=1S/C17H17NO3/c1-3-4-12-5-10-15(16(11-12)20-2)21-17(19)13-6-8-14(18)9-7-13/h3-11H,18H2,1-2H3. The van der Waals surface area contributed by atoms with Gasteiger partial charge in [0.05, 0.1) is 12.7 Å². The third kappa shape index (κ3) is 3.63. The number of hydrogen-bond acceptors (Lipinski definition) is 4. The molecule has 0 spiro atoms. The molecule has 0 aliphatic rings. The van der Waals surface area contributed by atoms with Gasteiger partial charge in [0.2, 0.25) is 0 Å². The van der Waals surface area contributed by atoms with Crippen molar-refractivity contribution in [1.29, 1.82) is 0 Å². The maximum absolute atomic E-state index is 12.1. The zero-order valence-electron chi connectivity index (χ0n) is 12.0. The molecule has 2 aromatic rings. The number of anilines is 1. The third-order valence-corrected chi connectivity index (χ3v) is 2.90. The Hall–Kier alpha value is -2.75. The highest BCUT2D eigenvalue weighted by Crippen LogP contribution is 2.29. The van der Waals surface area contributed by atoms with Crippen LogP contribution in [0.5, 0.6) is 11.5 Å². The molecule has 0 aromatic heterocycles. The van der Waals surface area contributed by atoms with Crippen LogP contribution in [-0.4, -0.2) is 13.1 Å². The quantitative estimate of drug-likeness (QED) is 0.529. The molecule has 0 atom stereocenters. The fourth-order valence-electron chi connectivity index (χ4n) is 1.84. The van der Waals surface area contributed by atoms with Gasteiger partial charge >= 0.3 is 5.97 Å². The highest BCUT2D eigenvalue weighted by molar-refractivity contribution is 5.91. The first-order valence-corrected chi connectivity index (χ1v) is 6.52. The summed E-state index contributed by atoms with van der Waals surface area (Å²) in [6.07, 6.45) is 3.86. The van der Waals surface area contributed by atoms with Gasteiger partial charge < -0.3 is 15.2 Å². The van der Waals surface area contributed by atoms with Crippen LogP contribution in [0.25, 0.3) is 6.08 Å². The lowest BCUT2D eigenvalue weighted by Gasteiger charge is -2.10. The zero-order chi connectivity index (χ0) is 15.2. The number of carbonyl (C=O) groups is 1. The van der Waals surface area contributed by atoms with Crippen molar-refractivity contribution in [1.82, 2.24) is 0 Å². The molecular weight excluding hydrogens is 266 g/mol. The molecule has 4 heteroatoms. The van der Waals surface area contributed by atoms with Crippen molar-refractivity contribution >= 4 is 17.7 Å². The lowest BCUT2D eigenvalue weighted by atomic mass is 10.2. The fraction of sp³-hybridized carbons (Fsp3) is 0.118. The van der Waals surface area contributed by atoms with E-state index in [9.17, 15) is 4.79 Å². The minimum atomic E-state index is -0.452. The number of hydrogen-bond donors (Lipinski definition) is 1. The first-order chi connectivity index (χ1) is 10.1. The van der Waals surface area contributed by atoms with Crippen LogP contribution >= 0.6 is 0 Å². The molecule has 0 saturated heterocycles. The number of methoxy groups -OCH3 is 1. The van der Waals surface area contributed by atoms with E-state index in [1.54, 1.807) is 30.3 Å². The van der Waals surface area contributed by atoms with Gasteiger partial charge in [-0.3, -0.25) is 0 Å². The number of esters is 1. The molecule has 0 aliphatic carbocycles. The average molecular weight is 283 g/mol. The predicted molar refractivity (Wildman–Crippen MR) is 83.5 cm³/mol. The molecule has 0 unspecified atom stereocenters. The maximum Gasteiger partial charge on any atom is 0.343 e. The molecule has 0 amide bonds. The van der Waals surface area contributed by atoms with Gasteiger partial charge in [-0.2, -0.15) is 0 Å². The minimum absolute atomic E-state index is 0.382. The summed E-state index contributed by atoms with van der Waals surface area (Å²) in [5.41, 5.74) is 7.60. The number of rotatable bonds is 4. The normalized spacial score (nSPS) is 10.6. The van der Waals surface area contributed by atoms with Gasteiger partial charge in [0.25, 0.3) is 0 Å². The number of nitrogen functional groups attached to an aromatic ring is 1. The minimum Gasteiger partial charge on any atom is -0.493 e. The first-order valence-electron chi connectivity index (χ1n) is 6.52. The zero-order valence-corrected chi connectivity index (χ0v) is 12.0. The van der Waals surface area contributed by atoms with E-state index in [4.69, 9.17) is 15.2 Å². The second-order valence-corrected chi connectivity index (χ2v) is 4.42. The van der Waals surface area contributed by atoms with Crippen molar-refractivity contribution in [2.75, 3.05) is 12.8 Å². The van der Waals surface area contributed by atoms with Crippen LogP contribution < -0.4 is 15.2 Å². The topological polar surface area (TPSA) is 61.5 Å². The van der Waals surface area contributed by atoms with Gasteiger partial charge in [-0.1, -0.05) is 18.2 Å². The van der Waals surface area contributed by atoms with E-state index in [0.717, 1.165) is 5.56 Å². The van der Waals surface area contributed by atoms with Gasteiger partial charge in [-0.25, -0.2) is 4.79 Å². The van der Waals surface area contributed by atoms with Crippen LogP contribution in [0.2, 0.25) is 0 Å². The van der Waals surface area contributed by atoms with Crippen molar-refractivity contribution in [2.45, 2.75) is 6.92 Å². The monoisotopic (exact) mass is 283 g/mol. The Morgan fingerprint density at radius 1 is 1.10 bits per heavy atom. The Kier molecular flexibility index (Phi) is 4.61. The van der Waals surface area contributed by atoms with Crippen LogP contribution in [0.4, 0.5) is 5.69 Å². The van der Waals surface area contributed by atoms with E-state index in [1.807, 2.05) is 31.2 Å². The molecule has 0 aliphatic heterocycles. The molecular formula is C17H17NO3. The van der Waals surface area contributed by atoms with E-state index >= 15 is 0 Å². The SMILES string of the molecule is CC=Cc1ccc(OC(=O)c2ccc(N)cc2)c(OC)c1. The number of carbonyl (C=O) groups excluding carboxylic acids is 1. The Balaban J connectivity index is 2.22. The van der Waals surface area contributed by atoms with Crippen molar-refractivity contribution < 1.29 is 14.3 Å². The van der Waals surface area contributed by atoms with Crippen LogP contribution in [0.1, 0.15) is 22.8 Å². The molecule has 0 bridgehead atoms. The van der Waals surface area contributed by atoms with Crippen molar-refractivity contribution in [3.63, 3.8) is 0 Å². The van der Waals surface area contributed by atoms with Gasteiger partial charge in [-0.05, 0) is 48.9 Å². The lowest BCUT2D eigenvalue weighted by Crippen LogP contribution is -2.09. The second-order valence-electron chi connectivity index (χ2n) is 4.42. The molecule has 21 heavy (non-hydrogen) atoms. The van der Waals surface area contributed by atoms with Crippen molar-refractivity contribution in [3.05, 3.63) is 59.7 Å². The van der Waals surface area contributed by atoms with Gasteiger partial charge in [0, 0.05) is 5.69 Å². The molecule has 2 rings (SSSR count). The summed E-state index contributed by atoms with van der Waals surface area (Å²) in [5.74, 6) is 0.439. The molecule has 2 N–H and O–H groups in total. The van der Waals surface area contributed by atoms with Crippen LogP contribution in [-0.2, 0) is 0 Å². The van der Waals surface area contributed by atoms with E-state index in [1.165, 1.54) is 7.11 Å². The highest BCUT2D eigenvalue weighted by atomic mass is 16.6. The predicted octanol–water partition coefficient (Wildman–Crippen LogP) is 3.53. The number of ether oxygens (including phenoxy) is 2. The number of allylic oxidation sites excluding steroid dienone is 1. The van der Waals surface area contributed by atoms with Gasteiger partial charge in [0.15, 0.2) is 11.5 Å². The Morgan fingerprint density at radius 2 is 1.81 bits per heavy atom. The summed E-state index contributed by atoms with van der Waals surface area (Å²) in [7, 11) is 1.54. The number of nitrogens with two attached hydrogens (primary N) is 1. The number of benzene rings is 2. The lowest BCUT2D eigenvalue weighted by molar-refractivity contribution is 0.0730. The third-order valence-electron chi connectivity index (χ3n) is 2.90. The molecule has 0 radical (unpaired) electrons. The van der Waals surface area contributed by atoms with Crippen LogP contribution in [0.15, 0.2) is 48.5 Å². The van der Waals surface area contributed by atoms with Crippen molar-refractivity contribution in [3.8, 4) is 11.5 Å². The summed E-state index contributed by atoms with van der Waals surface area (Å²) in [5, 5.41) is 0. The summed E-state index contributed by atoms with van der Waals surface area (Å²) in [6.45, 7) is 1.93. The first kappa shape index (κ1) is 14.7. The summed E-state index contributed by atoms with van der Waals surface area (Å²) >= 11 is 0. The summed E-state index contributed by atoms with van der Waals surface area (Å²) in [6, 6.07) is 11.9. The van der Waals surface area contributed by atoms with Crippen molar-refractivity contribution in [2.24, 2.45) is 0 Å². The van der Waals surface area contributed by atoms with Gasteiger partial charge in [-0.15, -0.1) is 0 Å². The highest BCUT2D eigenvalue weighted by Gasteiger charge is 2.12. The maximum atomic E-state index is 12.1. The summed E-state index contributed by atoms with van der Waals surface area (Å²) < 4.78 is 10.6. The van der Waals surface area contributed by atoms with E-state index in [-0.39, 0.29) is 0 Å². The largest absolute Gasteiger partial charge is 0.493 e. The Labute approximate surface area is 123 Å². The Morgan fingerprint density at radius 3 is 2.43 bits per heavy atom. The molecule has 0 fully saturated rings. The van der Waals surface area contributed by atoms with Crippen LogP contribution in [0.3, 0.4) is 0 Å². The van der Waals surface area contributed by atoms with E-state index in [0.29, 0.717) is 22.7 Å². The van der Waals surface area contributed by atoms with E-state index in [2.05, 4.69) is 0 Å². The summed E-state index contributed by atoms with van der Waals surface area (Å²) in [4.78, 5) is 12.1. The van der Waals surface area contributed by atoms with Gasteiger partial charge in [0.1, 0.15) is 0 Å².